The summed E-state index contributed by atoms with van der Waals surface area (Å²) >= 11 is 0. The number of benzene rings is 4. The second-order valence-electron chi connectivity index (χ2n) is 6.69. The Labute approximate surface area is 183 Å². The van der Waals surface area contributed by atoms with Gasteiger partial charge in [0.15, 0.2) is 0 Å². The second kappa shape index (κ2) is 10.4. The molecule has 0 fully saturated rings. The molecule has 146 valence electrons. The van der Waals surface area contributed by atoms with Crippen LogP contribution in [0.25, 0.3) is 0 Å². The maximum absolute atomic E-state index is 5.66. The highest BCUT2D eigenvalue weighted by Crippen LogP contribution is 2.14. The Morgan fingerprint density at radius 3 is 1.06 bits per heavy atom. The molecule has 2 nitrogen and oxygen atoms in total. The largest absolute Gasteiger partial charge is 0.576 e. The van der Waals surface area contributed by atoms with E-state index >= 15 is 0 Å². The molecule has 0 saturated carbocycles. The van der Waals surface area contributed by atoms with Crippen molar-refractivity contribution in [1.82, 2.24) is 0 Å². The van der Waals surface area contributed by atoms with Gasteiger partial charge in [-0.2, -0.15) is 0 Å². The molecule has 31 heavy (non-hydrogen) atoms. The van der Waals surface area contributed by atoms with E-state index in [1.807, 2.05) is 109 Å². The van der Waals surface area contributed by atoms with E-state index in [0.717, 1.165) is 33.8 Å². The van der Waals surface area contributed by atoms with Crippen LogP contribution in [0.15, 0.2) is 109 Å². The van der Waals surface area contributed by atoms with Gasteiger partial charge in [-0.25, -0.2) is 0 Å². The molecule has 0 atom stereocenters. The molecule has 0 radical (unpaired) electrons. The first-order chi connectivity index (χ1) is 15.3. The van der Waals surface area contributed by atoms with Gasteiger partial charge < -0.3 is 9.31 Å². The van der Waals surface area contributed by atoms with Crippen LogP contribution < -0.4 is 9.31 Å². The fraction of sp³-hybridized carbons (Fsp3) is 0. The van der Waals surface area contributed by atoms with Gasteiger partial charge in [0.25, 0.3) is 0 Å². The highest BCUT2D eigenvalue weighted by molar-refractivity contribution is 6.20. The summed E-state index contributed by atoms with van der Waals surface area (Å²) in [7, 11) is 0.129. The minimum atomic E-state index is 0.129. The monoisotopic (exact) mass is 398 g/mol. The molecule has 0 saturated heterocycles. The van der Waals surface area contributed by atoms with Gasteiger partial charge in [0.1, 0.15) is 11.5 Å². The standard InChI is InChI=1S/C28H19BO2/c1-3-7-23(8-4-1)11-13-25-15-19-27(20-16-25)30-29-31-28-21-17-26(18-22-28)14-12-24-9-5-2-6-10-24/h1-10,15-22,29H. The van der Waals surface area contributed by atoms with E-state index < -0.39 is 0 Å². The van der Waals surface area contributed by atoms with Crippen LogP contribution in [0.2, 0.25) is 0 Å². The molecule has 0 spiro atoms. The van der Waals surface area contributed by atoms with Gasteiger partial charge in [0.2, 0.25) is 0 Å². The van der Waals surface area contributed by atoms with E-state index in [4.69, 9.17) is 9.31 Å². The lowest BCUT2D eigenvalue weighted by molar-refractivity contribution is 0.459. The zero-order valence-electron chi connectivity index (χ0n) is 16.9. The average Bonchev–Trinajstić information content (AvgIpc) is 2.84. The van der Waals surface area contributed by atoms with Crippen LogP contribution in [0, 0.1) is 23.7 Å². The predicted molar refractivity (Wildman–Crippen MR) is 126 cm³/mol. The molecular weight excluding hydrogens is 379 g/mol. The minimum Gasteiger partial charge on any atom is -0.529 e. The zero-order valence-corrected chi connectivity index (χ0v) is 16.9. The van der Waals surface area contributed by atoms with E-state index in [9.17, 15) is 0 Å². The Hall–Kier alpha value is -4.34. The molecule has 4 aromatic carbocycles. The lowest BCUT2D eigenvalue weighted by Gasteiger charge is -2.07. The van der Waals surface area contributed by atoms with Crippen molar-refractivity contribution in [1.29, 1.82) is 0 Å². The molecule has 0 aliphatic rings. The predicted octanol–water partition coefficient (Wildman–Crippen LogP) is 5.21. The zero-order chi connectivity index (χ0) is 21.1. The van der Waals surface area contributed by atoms with E-state index in [2.05, 4.69) is 23.7 Å². The second-order valence-corrected chi connectivity index (χ2v) is 6.69. The Kier molecular flexibility index (Phi) is 6.72. The van der Waals surface area contributed by atoms with Crippen LogP contribution >= 0.6 is 0 Å². The maximum atomic E-state index is 5.66. The summed E-state index contributed by atoms with van der Waals surface area (Å²) in [6, 6.07) is 35.1. The molecule has 4 rings (SSSR count). The minimum absolute atomic E-state index is 0.129. The van der Waals surface area contributed by atoms with Crippen LogP contribution in [0.5, 0.6) is 11.5 Å². The third-order valence-corrected chi connectivity index (χ3v) is 4.41. The van der Waals surface area contributed by atoms with Gasteiger partial charge in [0.05, 0.1) is 0 Å². The molecule has 0 N–H and O–H groups in total. The van der Waals surface area contributed by atoms with Crippen molar-refractivity contribution in [3.05, 3.63) is 131 Å². The summed E-state index contributed by atoms with van der Waals surface area (Å²) in [5.41, 5.74) is 3.86. The first kappa shape index (κ1) is 20.0. The Bertz CT molecular complexity index is 1120. The van der Waals surface area contributed by atoms with E-state index in [-0.39, 0.29) is 7.69 Å². The van der Waals surface area contributed by atoms with Crippen molar-refractivity contribution in [2.75, 3.05) is 0 Å². The van der Waals surface area contributed by atoms with Crippen molar-refractivity contribution in [3.8, 4) is 35.2 Å². The van der Waals surface area contributed by atoms with E-state index in [0.29, 0.717) is 0 Å². The van der Waals surface area contributed by atoms with Crippen molar-refractivity contribution in [3.63, 3.8) is 0 Å². The number of hydrogen-bond donors (Lipinski definition) is 0. The Morgan fingerprint density at radius 2 is 0.710 bits per heavy atom. The average molecular weight is 398 g/mol. The molecule has 0 aliphatic carbocycles. The molecule has 4 aromatic rings. The highest BCUT2D eigenvalue weighted by atomic mass is 16.6. The fourth-order valence-electron chi connectivity index (χ4n) is 2.77. The smallest absolute Gasteiger partial charge is 0.529 e. The van der Waals surface area contributed by atoms with Crippen LogP contribution in [0.4, 0.5) is 0 Å². The van der Waals surface area contributed by atoms with Crippen molar-refractivity contribution >= 4 is 7.69 Å². The summed E-state index contributed by atoms with van der Waals surface area (Å²) in [5, 5.41) is 0. The van der Waals surface area contributed by atoms with Gasteiger partial charge >= 0.3 is 7.69 Å². The Balaban J connectivity index is 1.27. The third kappa shape index (κ3) is 6.33. The number of hydrogen-bond acceptors (Lipinski definition) is 2. The highest BCUT2D eigenvalue weighted by Gasteiger charge is 2.00. The maximum Gasteiger partial charge on any atom is 0.576 e. The van der Waals surface area contributed by atoms with Crippen LogP contribution in [0.1, 0.15) is 22.3 Å². The summed E-state index contributed by atoms with van der Waals surface area (Å²) in [6.07, 6.45) is 0. The quantitative estimate of drug-likeness (QED) is 0.347. The summed E-state index contributed by atoms with van der Waals surface area (Å²) in [5.74, 6) is 14.0. The van der Waals surface area contributed by atoms with Crippen LogP contribution in [0.3, 0.4) is 0 Å². The van der Waals surface area contributed by atoms with E-state index in [1.54, 1.807) is 0 Å². The topological polar surface area (TPSA) is 18.5 Å². The molecule has 0 unspecified atom stereocenters. The normalized spacial score (nSPS) is 9.42. The third-order valence-electron chi connectivity index (χ3n) is 4.41. The van der Waals surface area contributed by atoms with E-state index in [1.165, 1.54) is 0 Å². The lowest BCUT2D eigenvalue weighted by atomic mass is 10.1. The molecule has 0 aromatic heterocycles. The van der Waals surface area contributed by atoms with Crippen molar-refractivity contribution in [2.24, 2.45) is 0 Å². The first-order valence-corrected chi connectivity index (χ1v) is 9.95. The number of rotatable bonds is 4. The molecule has 3 heteroatoms. The molecular formula is C28H19BO2. The molecule has 0 amide bonds. The summed E-state index contributed by atoms with van der Waals surface area (Å²) < 4.78 is 11.3. The first-order valence-electron chi connectivity index (χ1n) is 9.95. The SMILES string of the molecule is B(Oc1ccc(C#Cc2ccccc2)cc1)Oc1ccc(C#Cc2ccccc2)cc1. The van der Waals surface area contributed by atoms with Crippen molar-refractivity contribution in [2.45, 2.75) is 0 Å². The fourth-order valence-corrected chi connectivity index (χ4v) is 2.77. The summed E-state index contributed by atoms with van der Waals surface area (Å²) in [6.45, 7) is 0. The van der Waals surface area contributed by atoms with Gasteiger partial charge in [-0.1, -0.05) is 60.1 Å². The lowest BCUT2D eigenvalue weighted by Crippen LogP contribution is -2.10. The summed E-state index contributed by atoms with van der Waals surface area (Å²) in [4.78, 5) is 0. The molecule has 0 aliphatic heterocycles. The molecule has 0 heterocycles. The van der Waals surface area contributed by atoms with Crippen LogP contribution in [-0.2, 0) is 0 Å². The van der Waals surface area contributed by atoms with Crippen molar-refractivity contribution < 1.29 is 9.31 Å². The molecule has 0 bridgehead atoms. The Morgan fingerprint density at radius 1 is 0.387 bits per heavy atom. The van der Waals surface area contributed by atoms with Gasteiger partial charge in [-0.3, -0.25) is 0 Å². The van der Waals surface area contributed by atoms with Crippen LogP contribution in [-0.4, -0.2) is 7.69 Å². The van der Waals surface area contributed by atoms with Gasteiger partial charge in [0, 0.05) is 22.3 Å². The van der Waals surface area contributed by atoms with Gasteiger partial charge in [-0.15, -0.1) is 0 Å². The van der Waals surface area contributed by atoms with Gasteiger partial charge in [-0.05, 0) is 72.8 Å².